The van der Waals surface area contributed by atoms with E-state index >= 15 is 0 Å². The minimum absolute atomic E-state index is 0.0989. The summed E-state index contributed by atoms with van der Waals surface area (Å²) in [4.78, 5) is 0. The van der Waals surface area contributed by atoms with Crippen molar-refractivity contribution in [3.05, 3.63) is 0 Å². The van der Waals surface area contributed by atoms with Crippen LogP contribution >= 0.6 is 0 Å². The highest BCUT2D eigenvalue weighted by Crippen LogP contribution is 2.15. The van der Waals surface area contributed by atoms with Gasteiger partial charge in [0.2, 0.25) is 0 Å². The Morgan fingerprint density at radius 2 is 1.86 bits per heavy atom. The van der Waals surface area contributed by atoms with Gasteiger partial charge in [-0.2, -0.15) is 0 Å². The maximum atomic E-state index is 9.08. The lowest BCUT2D eigenvalue weighted by atomic mass is 10.1. The van der Waals surface area contributed by atoms with Gasteiger partial charge in [0.25, 0.3) is 0 Å². The first kappa shape index (κ1) is 13.8. The second kappa shape index (κ2) is 6.31. The molecular weight excluding hydrogens is 188 g/mol. The van der Waals surface area contributed by atoms with Crippen molar-refractivity contribution in [1.82, 2.24) is 0 Å². The van der Waals surface area contributed by atoms with E-state index in [9.17, 15) is 0 Å². The minimum Gasteiger partial charge on any atom is -0.396 e. The molecule has 0 bridgehead atoms. The molecule has 0 saturated carbocycles. The number of rotatable bonds is 2. The van der Waals surface area contributed by atoms with Crippen molar-refractivity contribution in [3.8, 4) is 0 Å². The fourth-order valence-corrected chi connectivity index (χ4v) is 1.04. The van der Waals surface area contributed by atoms with Crippen LogP contribution in [0.3, 0.4) is 0 Å². The van der Waals surface area contributed by atoms with Gasteiger partial charge < -0.3 is 25.2 Å². The molecule has 5 nitrogen and oxygen atoms in total. The van der Waals surface area contributed by atoms with Crippen LogP contribution in [-0.4, -0.2) is 51.6 Å². The Kier molecular flexibility index (Phi) is 6.22. The predicted molar refractivity (Wildman–Crippen MR) is 50.6 cm³/mol. The molecule has 2 unspecified atom stereocenters. The number of aliphatic hydroxyl groups excluding tert-OH is 2. The molecule has 1 heterocycles. The Bertz CT molecular complexity index is 137. The molecule has 1 saturated heterocycles. The third-order valence-corrected chi connectivity index (χ3v) is 1.59. The van der Waals surface area contributed by atoms with Crippen LogP contribution in [0.25, 0.3) is 0 Å². The van der Waals surface area contributed by atoms with Crippen molar-refractivity contribution in [1.29, 1.82) is 0 Å². The van der Waals surface area contributed by atoms with Gasteiger partial charge in [-0.1, -0.05) is 0 Å². The summed E-state index contributed by atoms with van der Waals surface area (Å²) in [6.45, 7) is 3.33. The van der Waals surface area contributed by atoms with E-state index in [2.05, 4.69) is 0 Å². The van der Waals surface area contributed by atoms with Gasteiger partial charge in [0.05, 0.1) is 12.2 Å². The molecule has 14 heavy (non-hydrogen) atoms. The van der Waals surface area contributed by atoms with Crippen LogP contribution in [0.2, 0.25) is 0 Å². The van der Waals surface area contributed by atoms with E-state index in [1.54, 1.807) is 0 Å². The van der Waals surface area contributed by atoms with Crippen LogP contribution in [0.5, 0.6) is 0 Å². The third kappa shape index (κ3) is 8.40. The van der Waals surface area contributed by atoms with Gasteiger partial charge in [-0.25, -0.2) is 0 Å². The summed E-state index contributed by atoms with van der Waals surface area (Å²) in [6, 6.07) is 0. The van der Waals surface area contributed by atoms with E-state index in [1.807, 2.05) is 0 Å². The molecule has 1 aliphatic rings. The van der Waals surface area contributed by atoms with Crippen LogP contribution in [-0.2, 0) is 4.74 Å². The van der Waals surface area contributed by atoms with E-state index in [4.69, 9.17) is 25.2 Å². The highest BCUT2D eigenvalue weighted by Gasteiger charge is 2.24. The van der Waals surface area contributed by atoms with Crippen molar-refractivity contribution in [2.24, 2.45) is 0 Å². The molecule has 2 atom stereocenters. The van der Waals surface area contributed by atoms with Crippen LogP contribution in [0.4, 0.5) is 0 Å². The zero-order valence-electron chi connectivity index (χ0n) is 8.68. The van der Waals surface area contributed by atoms with Gasteiger partial charge in [0, 0.05) is 13.2 Å². The van der Waals surface area contributed by atoms with Crippen molar-refractivity contribution in [3.63, 3.8) is 0 Å². The lowest BCUT2D eigenvalue weighted by molar-refractivity contribution is -0.127. The topological polar surface area (TPSA) is 90.2 Å². The van der Waals surface area contributed by atoms with Crippen molar-refractivity contribution in [2.45, 2.75) is 44.7 Å². The van der Waals surface area contributed by atoms with Crippen molar-refractivity contribution < 1.29 is 25.2 Å². The maximum Gasteiger partial charge on any atom is 0.156 e. The number of aliphatic hydroxyl groups is 4. The van der Waals surface area contributed by atoms with E-state index in [1.165, 1.54) is 13.8 Å². The summed E-state index contributed by atoms with van der Waals surface area (Å²) in [6.07, 6.45) is 0.804. The summed E-state index contributed by atoms with van der Waals surface area (Å²) in [7, 11) is 0. The monoisotopic (exact) mass is 208 g/mol. The Hall–Kier alpha value is -0.200. The Labute approximate surface area is 83.9 Å². The second-order valence-corrected chi connectivity index (χ2v) is 3.77. The maximum absolute atomic E-state index is 9.08. The first-order valence-electron chi connectivity index (χ1n) is 4.70. The van der Waals surface area contributed by atoms with Gasteiger partial charge in [0.1, 0.15) is 0 Å². The van der Waals surface area contributed by atoms with E-state index in [0.717, 1.165) is 0 Å². The lowest BCUT2D eigenvalue weighted by Gasteiger charge is -2.10. The minimum atomic E-state index is -1.50. The first-order chi connectivity index (χ1) is 6.34. The summed E-state index contributed by atoms with van der Waals surface area (Å²) >= 11 is 0. The SMILES string of the molecule is CC(C)(O)O.OCCC1OCCC1O. The number of hydrogen-bond acceptors (Lipinski definition) is 5. The first-order valence-corrected chi connectivity index (χ1v) is 4.70. The van der Waals surface area contributed by atoms with Crippen molar-refractivity contribution >= 4 is 0 Å². The van der Waals surface area contributed by atoms with E-state index < -0.39 is 5.79 Å². The van der Waals surface area contributed by atoms with E-state index in [0.29, 0.717) is 19.4 Å². The molecule has 0 aromatic carbocycles. The molecule has 0 spiro atoms. The van der Waals surface area contributed by atoms with Gasteiger partial charge in [-0.3, -0.25) is 0 Å². The van der Waals surface area contributed by atoms with Crippen LogP contribution < -0.4 is 0 Å². The standard InChI is InChI=1S/C6H12O3.C3H8O2/c7-3-1-6-5(8)2-4-9-6;1-3(2,4)5/h5-8H,1-4H2;4-5H,1-2H3. The lowest BCUT2D eigenvalue weighted by Crippen LogP contribution is -2.21. The number of ether oxygens (including phenoxy) is 1. The summed E-state index contributed by atoms with van der Waals surface area (Å²) in [5, 5.41) is 33.7. The largest absolute Gasteiger partial charge is 0.396 e. The zero-order chi connectivity index (χ0) is 11.2. The Morgan fingerprint density at radius 1 is 1.36 bits per heavy atom. The zero-order valence-corrected chi connectivity index (χ0v) is 8.68. The van der Waals surface area contributed by atoms with Crippen molar-refractivity contribution in [2.75, 3.05) is 13.2 Å². The molecule has 0 radical (unpaired) electrons. The second-order valence-electron chi connectivity index (χ2n) is 3.77. The van der Waals surface area contributed by atoms with Gasteiger partial charge in [-0.05, 0) is 26.7 Å². The molecular formula is C9H20O5. The van der Waals surface area contributed by atoms with Gasteiger partial charge in [0.15, 0.2) is 5.79 Å². The average Bonchev–Trinajstić information content (AvgIpc) is 2.34. The highest BCUT2D eigenvalue weighted by atomic mass is 16.5. The average molecular weight is 208 g/mol. The molecule has 1 aliphatic heterocycles. The van der Waals surface area contributed by atoms with Gasteiger partial charge in [-0.15, -0.1) is 0 Å². The third-order valence-electron chi connectivity index (χ3n) is 1.59. The molecule has 0 amide bonds. The normalized spacial score (nSPS) is 27.0. The fourth-order valence-electron chi connectivity index (χ4n) is 1.04. The summed E-state index contributed by atoms with van der Waals surface area (Å²) < 4.78 is 5.10. The van der Waals surface area contributed by atoms with Crippen LogP contribution in [0.1, 0.15) is 26.7 Å². The molecule has 86 valence electrons. The van der Waals surface area contributed by atoms with Crippen LogP contribution in [0, 0.1) is 0 Å². The fraction of sp³-hybridized carbons (Fsp3) is 1.00. The summed E-state index contributed by atoms with van der Waals surface area (Å²) in [5.74, 6) is -1.50. The van der Waals surface area contributed by atoms with Gasteiger partial charge >= 0.3 is 0 Å². The molecule has 0 aromatic heterocycles. The molecule has 0 aromatic rings. The Morgan fingerprint density at radius 3 is 2.14 bits per heavy atom. The van der Waals surface area contributed by atoms with E-state index in [-0.39, 0.29) is 18.8 Å². The van der Waals surface area contributed by atoms with Crippen LogP contribution in [0.15, 0.2) is 0 Å². The molecule has 1 fully saturated rings. The highest BCUT2D eigenvalue weighted by molar-refractivity contribution is 4.74. The summed E-state index contributed by atoms with van der Waals surface area (Å²) in [5.41, 5.74) is 0. The molecule has 4 N–H and O–H groups in total. The molecule has 5 heteroatoms. The number of hydrogen-bond donors (Lipinski definition) is 4. The quantitative estimate of drug-likeness (QED) is 0.447. The molecule has 1 rings (SSSR count). The molecule has 0 aliphatic carbocycles. The Balaban J connectivity index is 0.000000292. The predicted octanol–water partition coefficient (Wildman–Crippen LogP) is -0.774. The smallest absolute Gasteiger partial charge is 0.156 e.